The summed E-state index contributed by atoms with van der Waals surface area (Å²) in [4.78, 5) is 25.2. The Morgan fingerprint density at radius 3 is 2.58 bits per heavy atom. The summed E-state index contributed by atoms with van der Waals surface area (Å²) in [7, 11) is 0. The van der Waals surface area contributed by atoms with Crippen LogP contribution in [0.25, 0.3) is 11.0 Å². The van der Waals surface area contributed by atoms with E-state index in [1.54, 1.807) is 26.1 Å². The third-order valence-corrected chi connectivity index (χ3v) is 5.07. The molecule has 0 unspecified atom stereocenters. The first-order valence-corrected chi connectivity index (χ1v) is 10.3. The Morgan fingerprint density at radius 1 is 1.03 bits per heavy atom. The second kappa shape index (κ2) is 9.34. The summed E-state index contributed by atoms with van der Waals surface area (Å²) in [5, 5.41) is 7.02. The number of hydrogen-bond donors (Lipinski definition) is 1. The third kappa shape index (κ3) is 4.69. The van der Waals surface area contributed by atoms with E-state index in [-0.39, 0.29) is 18.0 Å². The molecule has 160 valence electrons. The van der Waals surface area contributed by atoms with Crippen LogP contribution in [0.3, 0.4) is 0 Å². The van der Waals surface area contributed by atoms with Gasteiger partial charge < -0.3 is 10.1 Å². The molecule has 0 saturated heterocycles. The summed E-state index contributed by atoms with van der Waals surface area (Å²) in [5.41, 5.74) is 2.29. The van der Waals surface area contributed by atoms with Gasteiger partial charge in [0.25, 0.3) is 0 Å². The molecule has 1 N–H and O–H groups in total. The maximum atomic E-state index is 12.7. The van der Waals surface area contributed by atoms with Gasteiger partial charge in [-0.3, -0.25) is 18.6 Å². The molecule has 4 aromatic rings. The number of benzene rings is 2. The Balaban J connectivity index is 1.36. The highest BCUT2D eigenvalue weighted by Gasteiger charge is 2.13. The molecule has 0 atom stereocenters. The van der Waals surface area contributed by atoms with E-state index < -0.39 is 0 Å². The van der Waals surface area contributed by atoms with Crippen molar-refractivity contribution in [2.75, 3.05) is 11.9 Å². The lowest BCUT2D eigenvalue weighted by Crippen LogP contribution is -2.25. The quantitative estimate of drug-likeness (QED) is 0.452. The fourth-order valence-corrected chi connectivity index (χ4v) is 3.58. The molecule has 0 fully saturated rings. The zero-order chi connectivity index (χ0) is 21.6. The van der Waals surface area contributed by atoms with Gasteiger partial charge in [0.15, 0.2) is 0 Å². The first-order valence-electron chi connectivity index (χ1n) is 10.3. The van der Waals surface area contributed by atoms with Gasteiger partial charge in [0.2, 0.25) is 5.91 Å². The van der Waals surface area contributed by atoms with E-state index in [1.807, 2.05) is 61.7 Å². The fraction of sp³-hybridized carbons (Fsp3) is 0.261. The number of amides is 1. The van der Waals surface area contributed by atoms with E-state index in [9.17, 15) is 9.59 Å². The second-order valence-electron chi connectivity index (χ2n) is 7.11. The van der Waals surface area contributed by atoms with Crippen LogP contribution in [-0.2, 0) is 24.4 Å². The standard InChI is InChI=1S/C23H25N5O3/c1-2-27-20-9-3-4-10-21(20)28(23(27)30)14-11-22(29)25-18-7-5-8-19(17-18)31-16-15-26-13-6-12-24-26/h3-10,12-13,17H,2,11,14-16H2,1H3,(H,25,29). The van der Waals surface area contributed by atoms with Crippen molar-refractivity contribution in [1.82, 2.24) is 18.9 Å². The molecule has 0 saturated carbocycles. The van der Waals surface area contributed by atoms with Crippen LogP contribution in [0.5, 0.6) is 5.75 Å². The number of rotatable bonds is 9. The Morgan fingerprint density at radius 2 is 1.84 bits per heavy atom. The first-order chi connectivity index (χ1) is 15.2. The number of hydrogen-bond acceptors (Lipinski definition) is 4. The molecular weight excluding hydrogens is 394 g/mol. The van der Waals surface area contributed by atoms with Crippen molar-refractivity contribution in [2.45, 2.75) is 33.0 Å². The van der Waals surface area contributed by atoms with E-state index in [4.69, 9.17) is 4.74 Å². The van der Waals surface area contributed by atoms with Crippen LogP contribution in [0.15, 0.2) is 71.8 Å². The fourth-order valence-electron chi connectivity index (χ4n) is 3.58. The van der Waals surface area contributed by atoms with Gasteiger partial charge in [-0.1, -0.05) is 18.2 Å². The number of nitrogens with one attached hydrogen (secondary N) is 1. The predicted molar refractivity (Wildman–Crippen MR) is 119 cm³/mol. The highest BCUT2D eigenvalue weighted by Crippen LogP contribution is 2.18. The van der Waals surface area contributed by atoms with Gasteiger partial charge in [-0.05, 0) is 37.3 Å². The van der Waals surface area contributed by atoms with Crippen LogP contribution in [0.4, 0.5) is 5.69 Å². The summed E-state index contributed by atoms with van der Waals surface area (Å²) in [6.07, 6.45) is 3.80. The molecule has 8 nitrogen and oxygen atoms in total. The summed E-state index contributed by atoms with van der Waals surface area (Å²) in [6, 6.07) is 16.8. The zero-order valence-electron chi connectivity index (χ0n) is 17.4. The Hall–Kier alpha value is -3.81. The predicted octanol–water partition coefficient (Wildman–Crippen LogP) is 3.13. The molecular formula is C23H25N5O3. The monoisotopic (exact) mass is 419 g/mol. The normalized spacial score (nSPS) is 11.0. The number of aryl methyl sites for hydroxylation is 2. The number of carbonyl (C=O) groups is 1. The van der Waals surface area contributed by atoms with Crippen molar-refractivity contribution in [1.29, 1.82) is 0 Å². The highest BCUT2D eigenvalue weighted by atomic mass is 16.5. The Kier molecular flexibility index (Phi) is 6.16. The number of anilines is 1. The molecule has 0 aliphatic rings. The molecule has 2 aromatic heterocycles. The molecule has 0 spiro atoms. The summed E-state index contributed by atoms with van der Waals surface area (Å²) >= 11 is 0. The smallest absolute Gasteiger partial charge is 0.329 e. The van der Waals surface area contributed by atoms with Crippen LogP contribution in [-0.4, -0.2) is 31.4 Å². The minimum Gasteiger partial charge on any atom is -0.492 e. The van der Waals surface area contributed by atoms with Crippen molar-refractivity contribution in [2.24, 2.45) is 0 Å². The molecule has 8 heteroatoms. The Bertz CT molecular complexity index is 1220. The van der Waals surface area contributed by atoms with Gasteiger partial charge >= 0.3 is 5.69 Å². The maximum absolute atomic E-state index is 12.7. The largest absolute Gasteiger partial charge is 0.492 e. The average Bonchev–Trinajstić information content (AvgIpc) is 3.38. The number of imidazole rings is 1. The molecule has 0 aliphatic carbocycles. The van der Waals surface area contributed by atoms with Crippen molar-refractivity contribution >= 4 is 22.6 Å². The van der Waals surface area contributed by atoms with Crippen LogP contribution in [0.2, 0.25) is 0 Å². The summed E-state index contributed by atoms with van der Waals surface area (Å²) in [6.45, 7) is 3.96. The van der Waals surface area contributed by atoms with E-state index in [2.05, 4.69) is 10.4 Å². The van der Waals surface area contributed by atoms with E-state index in [0.717, 1.165) is 11.0 Å². The molecule has 4 rings (SSSR count). The van der Waals surface area contributed by atoms with E-state index in [0.29, 0.717) is 37.7 Å². The highest BCUT2D eigenvalue weighted by molar-refractivity contribution is 5.91. The zero-order valence-corrected chi connectivity index (χ0v) is 17.4. The van der Waals surface area contributed by atoms with E-state index in [1.165, 1.54) is 0 Å². The van der Waals surface area contributed by atoms with E-state index >= 15 is 0 Å². The third-order valence-electron chi connectivity index (χ3n) is 5.07. The van der Waals surface area contributed by atoms with Gasteiger partial charge in [0.05, 0.1) is 17.6 Å². The van der Waals surface area contributed by atoms with Crippen LogP contribution < -0.4 is 15.7 Å². The van der Waals surface area contributed by atoms with Gasteiger partial charge in [-0.15, -0.1) is 0 Å². The average molecular weight is 419 g/mol. The Labute approximate surface area is 179 Å². The SMILES string of the molecule is CCn1c(=O)n(CCC(=O)Nc2cccc(OCCn3cccn3)c2)c2ccccc21. The van der Waals surface area contributed by atoms with Crippen molar-refractivity contribution in [3.8, 4) is 5.75 Å². The van der Waals surface area contributed by atoms with Crippen molar-refractivity contribution in [3.05, 3.63) is 77.5 Å². The molecule has 1 amide bonds. The van der Waals surface area contributed by atoms with Crippen LogP contribution >= 0.6 is 0 Å². The number of carbonyl (C=O) groups excluding carboxylic acids is 1. The topological polar surface area (TPSA) is 83.1 Å². The van der Waals surface area contributed by atoms with Gasteiger partial charge in [0.1, 0.15) is 12.4 Å². The molecule has 0 bridgehead atoms. The minimum absolute atomic E-state index is 0.0934. The molecule has 0 radical (unpaired) electrons. The lowest BCUT2D eigenvalue weighted by molar-refractivity contribution is -0.116. The number of aromatic nitrogens is 4. The minimum atomic E-state index is -0.158. The molecule has 2 aromatic carbocycles. The molecule has 2 heterocycles. The van der Waals surface area contributed by atoms with Gasteiger partial charge in [0, 0.05) is 43.7 Å². The lowest BCUT2D eigenvalue weighted by atomic mass is 10.2. The number of nitrogens with zero attached hydrogens (tertiary/aromatic N) is 4. The van der Waals surface area contributed by atoms with Crippen LogP contribution in [0, 0.1) is 0 Å². The van der Waals surface area contributed by atoms with Crippen molar-refractivity contribution < 1.29 is 9.53 Å². The number of ether oxygens (including phenoxy) is 1. The van der Waals surface area contributed by atoms with Gasteiger partial charge in [-0.25, -0.2) is 4.79 Å². The maximum Gasteiger partial charge on any atom is 0.329 e. The van der Waals surface area contributed by atoms with Crippen molar-refractivity contribution in [3.63, 3.8) is 0 Å². The molecule has 31 heavy (non-hydrogen) atoms. The van der Waals surface area contributed by atoms with Crippen LogP contribution in [0.1, 0.15) is 13.3 Å². The lowest BCUT2D eigenvalue weighted by Gasteiger charge is -2.10. The number of fused-ring (bicyclic) bond motifs is 1. The van der Waals surface area contributed by atoms with Gasteiger partial charge in [-0.2, -0.15) is 5.10 Å². The number of para-hydroxylation sites is 2. The first kappa shape index (κ1) is 20.5. The molecule has 0 aliphatic heterocycles. The summed E-state index contributed by atoms with van der Waals surface area (Å²) in [5.74, 6) is 0.515. The second-order valence-corrected chi connectivity index (χ2v) is 7.11. The summed E-state index contributed by atoms with van der Waals surface area (Å²) < 4.78 is 10.9.